The van der Waals surface area contributed by atoms with Gasteiger partial charge in [-0.05, 0) is 31.1 Å². The van der Waals surface area contributed by atoms with E-state index in [1.807, 2.05) is 13.8 Å². The van der Waals surface area contributed by atoms with Gasteiger partial charge in [0.15, 0.2) is 0 Å². The van der Waals surface area contributed by atoms with Crippen LogP contribution in [0.25, 0.3) is 0 Å². The molecule has 0 aliphatic carbocycles. The molecule has 0 radical (unpaired) electrons. The SMILES string of the molecule is CC(C)CC(NC(=O)C1CCCN1C(=O)C(CC(=O)O)NC(=O)C(N)C(C)C)C(=O)O. The highest BCUT2D eigenvalue weighted by Crippen LogP contribution is 2.20. The molecule has 1 heterocycles. The van der Waals surface area contributed by atoms with Gasteiger partial charge in [0, 0.05) is 6.54 Å². The van der Waals surface area contributed by atoms with E-state index in [9.17, 15) is 34.2 Å². The Balaban J connectivity index is 2.97. The number of carboxylic acids is 2. The fraction of sp³-hybridized carbons (Fsp3) is 0.750. The van der Waals surface area contributed by atoms with Gasteiger partial charge < -0.3 is 31.5 Å². The van der Waals surface area contributed by atoms with Crippen LogP contribution in [0.1, 0.15) is 53.4 Å². The highest BCUT2D eigenvalue weighted by Gasteiger charge is 2.39. The van der Waals surface area contributed by atoms with Crippen molar-refractivity contribution in [3.05, 3.63) is 0 Å². The Labute approximate surface area is 181 Å². The first kappa shape index (κ1) is 26.3. The Hall–Kier alpha value is -2.69. The Bertz CT molecular complexity index is 695. The van der Waals surface area contributed by atoms with Crippen LogP contribution in [0.15, 0.2) is 0 Å². The topological polar surface area (TPSA) is 179 Å². The van der Waals surface area contributed by atoms with E-state index >= 15 is 0 Å². The van der Waals surface area contributed by atoms with E-state index < -0.39 is 60.2 Å². The van der Waals surface area contributed by atoms with Gasteiger partial charge in [0.25, 0.3) is 0 Å². The minimum absolute atomic E-state index is 0.0306. The number of carbonyl (C=O) groups excluding carboxylic acids is 3. The van der Waals surface area contributed by atoms with Crippen LogP contribution in [-0.2, 0) is 24.0 Å². The molecule has 3 amide bonds. The van der Waals surface area contributed by atoms with Gasteiger partial charge >= 0.3 is 11.9 Å². The maximum atomic E-state index is 13.0. The summed E-state index contributed by atoms with van der Waals surface area (Å²) < 4.78 is 0. The monoisotopic (exact) mass is 442 g/mol. The van der Waals surface area contributed by atoms with E-state index in [1.165, 1.54) is 4.90 Å². The molecule has 0 spiro atoms. The van der Waals surface area contributed by atoms with Gasteiger partial charge in [-0.3, -0.25) is 19.2 Å². The van der Waals surface area contributed by atoms with Crippen LogP contribution in [0.4, 0.5) is 0 Å². The zero-order valence-corrected chi connectivity index (χ0v) is 18.5. The van der Waals surface area contributed by atoms with Gasteiger partial charge in [0.1, 0.15) is 18.1 Å². The van der Waals surface area contributed by atoms with Gasteiger partial charge in [-0.2, -0.15) is 0 Å². The molecule has 0 saturated carbocycles. The number of nitrogens with two attached hydrogens (primary N) is 1. The Kier molecular flexibility index (Phi) is 9.89. The average molecular weight is 443 g/mol. The molecular formula is C20H34N4O7. The smallest absolute Gasteiger partial charge is 0.326 e. The first-order valence-electron chi connectivity index (χ1n) is 10.5. The average Bonchev–Trinajstić information content (AvgIpc) is 3.14. The lowest BCUT2D eigenvalue weighted by molar-refractivity contribution is -0.147. The summed E-state index contributed by atoms with van der Waals surface area (Å²) in [6.45, 7) is 7.29. The summed E-state index contributed by atoms with van der Waals surface area (Å²) in [5, 5.41) is 23.4. The standard InChI is InChI=1S/C20H34N4O7/c1-10(2)8-13(20(30)31)23-17(27)14-6-5-7-24(14)19(29)12(9-15(25)26)22-18(28)16(21)11(3)4/h10-14,16H,5-9,21H2,1-4H3,(H,22,28)(H,23,27)(H,25,26)(H,30,31). The molecule has 0 aromatic heterocycles. The van der Waals surface area contributed by atoms with Crippen molar-refractivity contribution >= 4 is 29.7 Å². The minimum Gasteiger partial charge on any atom is -0.481 e. The van der Waals surface area contributed by atoms with E-state index in [0.717, 1.165) is 0 Å². The lowest BCUT2D eigenvalue weighted by atomic mass is 10.0. The van der Waals surface area contributed by atoms with Crippen LogP contribution in [0.3, 0.4) is 0 Å². The Morgan fingerprint density at radius 3 is 2.13 bits per heavy atom. The summed E-state index contributed by atoms with van der Waals surface area (Å²) in [6, 6.07) is -4.33. The lowest BCUT2D eigenvalue weighted by Gasteiger charge is -2.30. The van der Waals surface area contributed by atoms with Gasteiger partial charge in [-0.1, -0.05) is 27.7 Å². The molecule has 4 unspecified atom stereocenters. The predicted octanol–water partition coefficient (Wildman–Crippen LogP) is -0.464. The second-order valence-electron chi connectivity index (χ2n) is 8.65. The van der Waals surface area contributed by atoms with Crippen LogP contribution in [0, 0.1) is 11.8 Å². The molecule has 4 atom stereocenters. The highest BCUT2D eigenvalue weighted by molar-refractivity contribution is 5.96. The molecule has 0 bridgehead atoms. The highest BCUT2D eigenvalue weighted by atomic mass is 16.4. The number of hydrogen-bond donors (Lipinski definition) is 5. The van der Waals surface area contributed by atoms with E-state index in [0.29, 0.717) is 12.8 Å². The summed E-state index contributed by atoms with van der Waals surface area (Å²) in [6.07, 6.45) is 0.369. The molecule has 31 heavy (non-hydrogen) atoms. The molecule has 11 heteroatoms. The third-order valence-electron chi connectivity index (χ3n) is 5.17. The zero-order chi connectivity index (χ0) is 23.9. The molecule has 6 N–H and O–H groups in total. The van der Waals surface area contributed by atoms with Crippen LogP contribution in [0.5, 0.6) is 0 Å². The van der Waals surface area contributed by atoms with Gasteiger partial charge in [0.2, 0.25) is 17.7 Å². The van der Waals surface area contributed by atoms with Crippen LogP contribution in [-0.4, -0.2) is 75.5 Å². The first-order valence-corrected chi connectivity index (χ1v) is 10.5. The van der Waals surface area contributed by atoms with Crippen molar-refractivity contribution in [2.45, 2.75) is 77.5 Å². The molecule has 1 fully saturated rings. The van der Waals surface area contributed by atoms with E-state index in [-0.39, 0.29) is 24.8 Å². The Morgan fingerprint density at radius 2 is 1.65 bits per heavy atom. The van der Waals surface area contributed by atoms with Crippen molar-refractivity contribution in [1.82, 2.24) is 15.5 Å². The van der Waals surface area contributed by atoms with Crippen LogP contribution in [0.2, 0.25) is 0 Å². The number of nitrogens with one attached hydrogen (secondary N) is 2. The largest absolute Gasteiger partial charge is 0.481 e. The lowest BCUT2D eigenvalue weighted by Crippen LogP contribution is -2.57. The van der Waals surface area contributed by atoms with Gasteiger partial charge in [-0.25, -0.2) is 4.79 Å². The second kappa shape index (κ2) is 11.6. The van der Waals surface area contributed by atoms with Gasteiger partial charge in [0.05, 0.1) is 12.5 Å². The van der Waals surface area contributed by atoms with Crippen LogP contribution < -0.4 is 16.4 Å². The zero-order valence-electron chi connectivity index (χ0n) is 18.5. The number of likely N-dealkylation sites (tertiary alicyclic amines) is 1. The normalized spacial score (nSPS) is 19.1. The summed E-state index contributed by atoms with van der Waals surface area (Å²) in [4.78, 5) is 62.0. The molecule has 0 aromatic carbocycles. The van der Waals surface area contributed by atoms with Crippen molar-refractivity contribution in [2.75, 3.05) is 6.54 Å². The maximum Gasteiger partial charge on any atom is 0.326 e. The quantitative estimate of drug-likeness (QED) is 0.285. The van der Waals surface area contributed by atoms with E-state index in [4.69, 9.17) is 5.73 Å². The van der Waals surface area contributed by atoms with Crippen molar-refractivity contribution in [1.29, 1.82) is 0 Å². The van der Waals surface area contributed by atoms with Crippen molar-refractivity contribution < 1.29 is 34.2 Å². The summed E-state index contributed by atoms with van der Waals surface area (Å²) in [5.74, 6) is -4.63. The second-order valence-corrected chi connectivity index (χ2v) is 8.65. The number of aliphatic carboxylic acids is 2. The molecule has 1 aliphatic heterocycles. The van der Waals surface area contributed by atoms with Gasteiger partial charge in [-0.15, -0.1) is 0 Å². The Morgan fingerprint density at radius 1 is 1.03 bits per heavy atom. The molecular weight excluding hydrogens is 408 g/mol. The first-order chi connectivity index (χ1) is 14.3. The number of hydrogen-bond acceptors (Lipinski definition) is 6. The molecule has 1 saturated heterocycles. The maximum absolute atomic E-state index is 13.0. The third-order valence-corrected chi connectivity index (χ3v) is 5.17. The number of rotatable bonds is 11. The van der Waals surface area contributed by atoms with Crippen molar-refractivity contribution in [3.63, 3.8) is 0 Å². The predicted molar refractivity (Wildman–Crippen MR) is 111 cm³/mol. The van der Waals surface area contributed by atoms with E-state index in [1.54, 1.807) is 13.8 Å². The fourth-order valence-electron chi connectivity index (χ4n) is 3.41. The number of nitrogens with zero attached hydrogens (tertiary/aromatic N) is 1. The number of carbonyl (C=O) groups is 5. The molecule has 0 aromatic rings. The van der Waals surface area contributed by atoms with Crippen molar-refractivity contribution in [2.24, 2.45) is 17.6 Å². The number of amides is 3. The third kappa shape index (κ3) is 7.82. The molecule has 11 nitrogen and oxygen atoms in total. The van der Waals surface area contributed by atoms with Crippen LogP contribution >= 0.6 is 0 Å². The molecule has 176 valence electrons. The summed E-state index contributed by atoms with van der Waals surface area (Å²) >= 11 is 0. The fourth-order valence-corrected chi connectivity index (χ4v) is 3.41. The summed E-state index contributed by atoms with van der Waals surface area (Å²) in [7, 11) is 0. The molecule has 1 rings (SSSR count). The summed E-state index contributed by atoms with van der Waals surface area (Å²) in [5.41, 5.74) is 5.79. The van der Waals surface area contributed by atoms with Crippen molar-refractivity contribution in [3.8, 4) is 0 Å². The number of carboxylic acid groups (broad SMARTS) is 2. The minimum atomic E-state index is -1.38. The molecule has 1 aliphatic rings. The van der Waals surface area contributed by atoms with E-state index in [2.05, 4.69) is 10.6 Å².